The fourth-order valence-corrected chi connectivity index (χ4v) is 3.99. The van der Waals surface area contributed by atoms with Crippen molar-refractivity contribution >= 4 is 29.4 Å². The first-order valence-corrected chi connectivity index (χ1v) is 10.7. The van der Waals surface area contributed by atoms with Crippen LogP contribution in [0.2, 0.25) is 0 Å². The second-order valence-electron chi connectivity index (χ2n) is 7.88. The largest absolute Gasteiger partial charge is 0.463 e. The van der Waals surface area contributed by atoms with E-state index in [1.54, 1.807) is 13.3 Å². The molecule has 4 rings (SSSR count). The number of ether oxygens (including phenoxy) is 1. The van der Waals surface area contributed by atoms with Gasteiger partial charge in [0.1, 0.15) is 5.69 Å². The zero-order valence-electron chi connectivity index (χ0n) is 17.9. The zero-order valence-corrected chi connectivity index (χ0v) is 17.9. The number of rotatable bonds is 8. The summed E-state index contributed by atoms with van der Waals surface area (Å²) in [6.07, 6.45) is 4.97. The lowest BCUT2D eigenvalue weighted by Crippen LogP contribution is -2.39. The normalized spacial score (nSPS) is 16.5. The molecule has 3 heterocycles. The summed E-state index contributed by atoms with van der Waals surface area (Å²) in [6, 6.07) is 8.71. The van der Waals surface area contributed by atoms with Crippen LogP contribution < -0.4 is 20.7 Å². The van der Waals surface area contributed by atoms with Crippen LogP contribution in [0.5, 0.6) is 6.01 Å². The summed E-state index contributed by atoms with van der Waals surface area (Å²) in [5, 5.41) is 2.79. The van der Waals surface area contributed by atoms with E-state index in [9.17, 15) is 4.79 Å². The molecular weight excluding hydrogens is 394 g/mol. The third-order valence-corrected chi connectivity index (χ3v) is 5.43. The van der Waals surface area contributed by atoms with Crippen LogP contribution in [0.25, 0.3) is 0 Å². The molecule has 0 atom stereocenters. The van der Waals surface area contributed by atoms with Crippen LogP contribution in [0, 0.1) is 0 Å². The van der Waals surface area contributed by atoms with E-state index in [1.165, 1.54) is 18.4 Å². The van der Waals surface area contributed by atoms with Crippen molar-refractivity contribution in [3.05, 3.63) is 35.4 Å². The molecule has 1 amide bonds. The van der Waals surface area contributed by atoms with Gasteiger partial charge in [0.05, 0.1) is 13.2 Å². The van der Waals surface area contributed by atoms with Crippen LogP contribution in [0.4, 0.5) is 17.3 Å². The summed E-state index contributed by atoms with van der Waals surface area (Å²) in [7, 11) is 1.72. The number of aliphatic imine (C=N–C) groups is 1. The fourth-order valence-electron chi connectivity index (χ4n) is 3.99. The first kappa shape index (κ1) is 21.0. The van der Waals surface area contributed by atoms with E-state index in [4.69, 9.17) is 10.5 Å². The number of nitrogens with one attached hydrogen (secondary N) is 1. The van der Waals surface area contributed by atoms with E-state index < -0.39 is 0 Å². The third kappa shape index (κ3) is 5.29. The molecule has 0 aliphatic carbocycles. The minimum Gasteiger partial charge on any atom is -0.463 e. The first-order chi connectivity index (χ1) is 15.1. The van der Waals surface area contributed by atoms with Crippen molar-refractivity contribution in [2.24, 2.45) is 4.99 Å². The van der Waals surface area contributed by atoms with Gasteiger partial charge in [-0.2, -0.15) is 9.97 Å². The lowest BCUT2D eigenvalue weighted by Gasteiger charge is -2.30. The van der Waals surface area contributed by atoms with E-state index >= 15 is 0 Å². The Morgan fingerprint density at radius 2 is 2.00 bits per heavy atom. The number of carbonyl (C=O) groups is 1. The highest BCUT2D eigenvalue weighted by Gasteiger charge is 2.27. The Labute approximate surface area is 182 Å². The highest BCUT2D eigenvalue weighted by Crippen LogP contribution is 2.34. The summed E-state index contributed by atoms with van der Waals surface area (Å²) in [5.74, 6) is 0.644. The van der Waals surface area contributed by atoms with Crippen molar-refractivity contribution in [2.75, 3.05) is 49.2 Å². The monoisotopic (exact) mass is 423 g/mol. The smallest absolute Gasteiger partial charge is 0.320 e. The lowest BCUT2D eigenvalue weighted by atomic mass is 10.1. The number of hydrogen-bond acceptors (Lipinski definition) is 8. The second-order valence-corrected chi connectivity index (χ2v) is 7.88. The number of hydrogen-bond donors (Lipinski definition) is 2. The van der Waals surface area contributed by atoms with Crippen molar-refractivity contribution in [2.45, 2.75) is 32.4 Å². The average molecular weight is 424 g/mol. The molecule has 9 heteroatoms. The lowest BCUT2D eigenvalue weighted by molar-refractivity contribution is -0.115. The van der Waals surface area contributed by atoms with Gasteiger partial charge < -0.3 is 25.7 Å². The van der Waals surface area contributed by atoms with E-state index in [2.05, 4.69) is 49.4 Å². The molecular formula is C22H29N7O2. The minimum atomic E-state index is -0.135. The van der Waals surface area contributed by atoms with Crippen molar-refractivity contribution in [3.8, 4) is 6.01 Å². The SMILES string of the molecule is CN=CCCOc1nc(N)c2c(n1)N(Cc1cccc(CN3CCCC3)c1)CC(=O)N2. The maximum absolute atomic E-state index is 12.3. The summed E-state index contributed by atoms with van der Waals surface area (Å²) in [4.78, 5) is 29.3. The van der Waals surface area contributed by atoms with Gasteiger partial charge in [-0.1, -0.05) is 24.3 Å². The number of carbonyl (C=O) groups excluding carboxylic acids is 1. The summed E-state index contributed by atoms with van der Waals surface area (Å²) in [5.41, 5.74) is 8.94. The predicted molar refractivity (Wildman–Crippen MR) is 122 cm³/mol. The summed E-state index contributed by atoms with van der Waals surface area (Å²) in [6.45, 7) is 4.42. The Morgan fingerprint density at radius 3 is 2.77 bits per heavy atom. The predicted octanol–water partition coefficient (Wildman–Crippen LogP) is 2.08. The highest BCUT2D eigenvalue weighted by molar-refractivity contribution is 6.03. The van der Waals surface area contributed by atoms with Gasteiger partial charge in [-0.05, 0) is 37.1 Å². The number of likely N-dealkylation sites (tertiary alicyclic amines) is 1. The van der Waals surface area contributed by atoms with E-state index in [1.807, 2.05) is 4.90 Å². The van der Waals surface area contributed by atoms with Gasteiger partial charge in [-0.25, -0.2) is 0 Å². The van der Waals surface area contributed by atoms with Gasteiger partial charge in [0, 0.05) is 32.8 Å². The van der Waals surface area contributed by atoms with Crippen LogP contribution >= 0.6 is 0 Å². The molecule has 1 aromatic heterocycles. The number of aromatic nitrogens is 2. The standard InChI is InChI=1S/C22H29N7O2/c1-24-8-5-11-31-22-26-20(23)19-21(27-22)29(15-18(30)25-19)14-17-7-4-6-16(12-17)13-28-9-2-3-10-28/h4,6-8,12H,2-3,5,9-11,13-15H2,1H3,(H,25,30)(H2,23,26,27). The zero-order chi connectivity index (χ0) is 21.6. The molecule has 2 aromatic rings. The molecule has 0 unspecified atom stereocenters. The highest BCUT2D eigenvalue weighted by atomic mass is 16.5. The summed E-state index contributed by atoms with van der Waals surface area (Å²) < 4.78 is 5.64. The van der Waals surface area contributed by atoms with Crippen molar-refractivity contribution in [3.63, 3.8) is 0 Å². The molecule has 3 N–H and O–H groups in total. The third-order valence-electron chi connectivity index (χ3n) is 5.43. The van der Waals surface area contributed by atoms with Gasteiger partial charge >= 0.3 is 6.01 Å². The van der Waals surface area contributed by atoms with Crippen LogP contribution in [0.15, 0.2) is 29.3 Å². The molecule has 1 saturated heterocycles. The molecule has 0 saturated carbocycles. The maximum atomic E-state index is 12.3. The van der Waals surface area contributed by atoms with E-state index in [-0.39, 0.29) is 24.3 Å². The molecule has 31 heavy (non-hydrogen) atoms. The fraction of sp³-hybridized carbons (Fsp3) is 0.455. The Hall–Kier alpha value is -3.20. The second kappa shape index (κ2) is 9.74. The number of nitrogen functional groups attached to an aromatic ring is 1. The topological polar surface area (TPSA) is 109 Å². The molecule has 1 aromatic carbocycles. The summed E-state index contributed by atoms with van der Waals surface area (Å²) >= 11 is 0. The van der Waals surface area contributed by atoms with E-state index in [0.29, 0.717) is 31.1 Å². The molecule has 1 fully saturated rings. The Bertz CT molecular complexity index is 957. The van der Waals surface area contributed by atoms with Crippen LogP contribution in [0.1, 0.15) is 30.4 Å². The molecule has 0 bridgehead atoms. The number of nitrogens with zero attached hydrogens (tertiary/aromatic N) is 5. The molecule has 2 aliphatic rings. The van der Waals surface area contributed by atoms with Crippen molar-refractivity contribution in [1.82, 2.24) is 14.9 Å². The molecule has 0 spiro atoms. The molecule has 9 nitrogen and oxygen atoms in total. The van der Waals surface area contributed by atoms with E-state index in [0.717, 1.165) is 25.2 Å². The van der Waals surface area contributed by atoms with Gasteiger partial charge in [0.15, 0.2) is 11.6 Å². The first-order valence-electron chi connectivity index (χ1n) is 10.7. The quantitative estimate of drug-likeness (QED) is 0.494. The van der Waals surface area contributed by atoms with Gasteiger partial charge in [0.25, 0.3) is 0 Å². The van der Waals surface area contributed by atoms with Crippen LogP contribution in [-0.2, 0) is 17.9 Å². The van der Waals surface area contributed by atoms with Crippen LogP contribution in [0.3, 0.4) is 0 Å². The van der Waals surface area contributed by atoms with Crippen molar-refractivity contribution in [1.29, 1.82) is 0 Å². The molecule has 0 radical (unpaired) electrons. The minimum absolute atomic E-state index is 0.135. The van der Waals surface area contributed by atoms with Gasteiger partial charge in [-0.15, -0.1) is 0 Å². The Morgan fingerprint density at radius 1 is 1.23 bits per heavy atom. The average Bonchev–Trinajstić information content (AvgIpc) is 3.25. The van der Waals surface area contributed by atoms with Gasteiger partial charge in [-0.3, -0.25) is 9.69 Å². The van der Waals surface area contributed by atoms with Crippen LogP contribution in [-0.4, -0.2) is 60.3 Å². The Balaban J connectivity index is 1.52. The molecule has 164 valence electrons. The van der Waals surface area contributed by atoms with Gasteiger partial charge in [0.2, 0.25) is 5.91 Å². The number of benzene rings is 1. The number of fused-ring (bicyclic) bond motifs is 1. The Kier molecular flexibility index (Phi) is 6.61. The molecule has 2 aliphatic heterocycles. The van der Waals surface area contributed by atoms with Crippen molar-refractivity contribution < 1.29 is 9.53 Å². The maximum Gasteiger partial charge on any atom is 0.320 e. The number of nitrogens with two attached hydrogens (primary N) is 1. The number of anilines is 3. The number of amides is 1.